The van der Waals surface area contributed by atoms with E-state index in [1.807, 2.05) is 12.4 Å². The maximum atomic E-state index is 5.02. The summed E-state index contributed by atoms with van der Waals surface area (Å²) in [7, 11) is 1.71. The molecule has 0 spiro atoms. The van der Waals surface area contributed by atoms with Gasteiger partial charge in [0.25, 0.3) is 0 Å². The van der Waals surface area contributed by atoms with Crippen molar-refractivity contribution in [2.75, 3.05) is 20.3 Å². The Hall–Kier alpha value is -1.24. The highest BCUT2D eigenvalue weighted by Crippen LogP contribution is 2.24. The van der Waals surface area contributed by atoms with Crippen molar-refractivity contribution >= 4 is 11.3 Å². The minimum atomic E-state index is 0.105. The average Bonchev–Trinajstić information content (AvgIpc) is 3.04. The highest BCUT2D eigenvalue weighted by Gasteiger charge is 2.17. The molecule has 0 atom stereocenters. The van der Waals surface area contributed by atoms with Crippen LogP contribution < -0.4 is 5.32 Å². The van der Waals surface area contributed by atoms with E-state index in [2.05, 4.69) is 41.0 Å². The van der Waals surface area contributed by atoms with E-state index < -0.39 is 0 Å². The first-order valence-electron chi connectivity index (χ1n) is 7.15. The van der Waals surface area contributed by atoms with Crippen molar-refractivity contribution in [2.45, 2.75) is 39.3 Å². The fraction of sp³-hybridized carbons (Fsp3) is 0.600. The molecule has 0 unspecified atom stereocenters. The summed E-state index contributed by atoms with van der Waals surface area (Å²) < 4.78 is 7.17. The Bertz CT molecular complexity index is 556. The first kappa shape index (κ1) is 16.1. The second-order valence-electron chi connectivity index (χ2n) is 6.02. The Morgan fingerprint density at radius 3 is 2.86 bits per heavy atom. The van der Waals surface area contributed by atoms with Gasteiger partial charge in [0.05, 0.1) is 25.4 Å². The van der Waals surface area contributed by atoms with Crippen molar-refractivity contribution < 1.29 is 4.74 Å². The fourth-order valence-electron chi connectivity index (χ4n) is 1.90. The first-order chi connectivity index (χ1) is 10.0. The lowest BCUT2D eigenvalue weighted by molar-refractivity contribution is 0.199. The second kappa shape index (κ2) is 7.15. The van der Waals surface area contributed by atoms with Crippen LogP contribution in [0, 0.1) is 0 Å². The third-order valence-corrected chi connectivity index (χ3v) is 4.03. The average molecular weight is 308 g/mol. The quantitative estimate of drug-likeness (QED) is 0.798. The zero-order valence-corrected chi connectivity index (χ0v) is 14.0. The van der Waals surface area contributed by atoms with Gasteiger partial charge in [-0.2, -0.15) is 0 Å². The summed E-state index contributed by atoms with van der Waals surface area (Å²) in [6.45, 7) is 9.63. The predicted octanol–water partition coefficient (Wildman–Crippen LogP) is 2.42. The van der Waals surface area contributed by atoms with Gasteiger partial charge in [0.15, 0.2) is 0 Å². The van der Waals surface area contributed by atoms with Gasteiger partial charge in [-0.1, -0.05) is 20.8 Å². The van der Waals surface area contributed by atoms with Crippen LogP contribution in [0.25, 0.3) is 0 Å². The van der Waals surface area contributed by atoms with Crippen LogP contribution in [0.4, 0.5) is 0 Å². The molecule has 0 aliphatic heterocycles. The molecule has 0 radical (unpaired) electrons. The van der Waals surface area contributed by atoms with E-state index >= 15 is 0 Å². The lowest BCUT2D eigenvalue weighted by Crippen LogP contribution is -2.21. The third-order valence-electron chi connectivity index (χ3n) is 3.19. The fourth-order valence-corrected chi connectivity index (χ4v) is 2.92. The molecule has 2 heterocycles. The standard InChI is InChI=1S/C15H24N4OS/c1-15(2,3)12-11-21-14(18-12)10-19-7-5-17-13(19)9-16-6-8-20-4/h5,7,11,16H,6,8-10H2,1-4H3. The number of ether oxygens (including phenoxy) is 1. The Balaban J connectivity index is 1.97. The molecule has 0 aromatic carbocycles. The van der Waals surface area contributed by atoms with Crippen molar-refractivity contribution in [3.8, 4) is 0 Å². The maximum absolute atomic E-state index is 5.02. The third kappa shape index (κ3) is 4.62. The maximum Gasteiger partial charge on any atom is 0.123 e. The van der Waals surface area contributed by atoms with Gasteiger partial charge in [0, 0.05) is 36.8 Å². The minimum absolute atomic E-state index is 0.105. The monoisotopic (exact) mass is 308 g/mol. The summed E-state index contributed by atoms with van der Waals surface area (Å²) in [4.78, 5) is 9.14. The largest absolute Gasteiger partial charge is 0.383 e. The number of nitrogens with one attached hydrogen (secondary N) is 1. The molecule has 0 bridgehead atoms. The topological polar surface area (TPSA) is 52.0 Å². The lowest BCUT2D eigenvalue weighted by atomic mass is 9.93. The van der Waals surface area contributed by atoms with E-state index in [4.69, 9.17) is 9.72 Å². The molecule has 1 N–H and O–H groups in total. The number of aromatic nitrogens is 3. The van der Waals surface area contributed by atoms with Gasteiger partial charge in [0.2, 0.25) is 0 Å². The van der Waals surface area contributed by atoms with Crippen LogP contribution in [0.2, 0.25) is 0 Å². The van der Waals surface area contributed by atoms with Crippen molar-refractivity contribution in [3.63, 3.8) is 0 Å². The van der Waals surface area contributed by atoms with Gasteiger partial charge in [-0.15, -0.1) is 11.3 Å². The van der Waals surface area contributed by atoms with Gasteiger partial charge in [-0.05, 0) is 0 Å². The molecule has 0 fully saturated rings. The number of imidazole rings is 1. The first-order valence-corrected chi connectivity index (χ1v) is 8.03. The molecule has 116 valence electrons. The van der Waals surface area contributed by atoms with Crippen LogP contribution in [0.5, 0.6) is 0 Å². The van der Waals surface area contributed by atoms with E-state index in [0.717, 1.165) is 36.2 Å². The van der Waals surface area contributed by atoms with E-state index in [1.165, 1.54) is 0 Å². The number of methoxy groups -OCH3 is 1. The van der Waals surface area contributed by atoms with Gasteiger partial charge < -0.3 is 14.6 Å². The minimum Gasteiger partial charge on any atom is -0.383 e. The molecule has 5 nitrogen and oxygen atoms in total. The smallest absolute Gasteiger partial charge is 0.123 e. The zero-order chi connectivity index (χ0) is 15.3. The van der Waals surface area contributed by atoms with Crippen molar-refractivity contribution in [2.24, 2.45) is 0 Å². The second-order valence-corrected chi connectivity index (χ2v) is 6.96. The molecule has 0 saturated carbocycles. The summed E-state index contributed by atoms with van der Waals surface area (Å²) in [6.07, 6.45) is 3.84. The van der Waals surface area contributed by atoms with E-state index in [-0.39, 0.29) is 5.41 Å². The van der Waals surface area contributed by atoms with Crippen LogP contribution in [-0.2, 0) is 23.2 Å². The Labute approximate surface area is 130 Å². The van der Waals surface area contributed by atoms with Crippen LogP contribution in [0.1, 0.15) is 37.3 Å². The zero-order valence-electron chi connectivity index (χ0n) is 13.2. The Kier molecular flexibility index (Phi) is 5.50. The molecule has 0 amide bonds. The molecule has 2 rings (SSSR count). The summed E-state index contributed by atoms with van der Waals surface area (Å²) in [5.74, 6) is 1.03. The summed E-state index contributed by atoms with van der Waals surface area (Å²) in [5, 5.41) is 6.60. The van der Waals surface area contributed by atoms with E-state index in [0.29, 0.717) is 6.61 Å². The predicted molar refractivity (Wildman–Crippen MR) is 85.7 cm³/mol. The van der Waals surface area contributed by atoms with Crippen LogP contribution in [0.15, 0.2) is 17.8 Å². The molecule has 2 aromatic rings. The van der Waals surface area contributed by atoms with Gasteiger partial charge in [-0.25, -0.2) is 9.97 Å². The van der Waals surface area contributed by atoms with Crippen molar-refractivity contribution in [1.82, 2.24) is 19.9 Å². The molecule has 0 aliphatic carbocycles. The lowest BCUT2D eigenvalue weighted by Gasteiger charge is -2.14. The van der Waals surface area contributed by atoms with E-state index in [1.54, 1.807) is 18.4 Å². The highest BCUT2D eigenvalue weighted by molar-refractivity contribution is 7.09. The molecule has 2 aromatic heterocycles. The SMILES string of the molecule is COCCNCc1nccn1Cc1nc(C(C)(C)C)cs1. The molecule has 6 heteroatoms. The molecular formula is C15H24N4OS. The summed E-state index contributed by atoms with van der Waals surface area (Å²) >= 11 is 1.72. The van der Waals surface area contributed by atoms with Crippen molar-refractivity contribution in [3.05, 3.63) is 34.3 Å². The molecule has 0 saturated heterocycles. The van der Waals surface area contributed by atoms with E-state index in [9.17, 15) is 0 Å². The molecule has 0 aliphatic rings. The molecule has 21 heavy (non-hydrogen) atoms. The number of nitrogens with zero attached hydrogens (tertiary/aromatic N) is 3. The van der Waals surface area contributed by atoms with Gasteiger partial charge >= 0.3 is 0 Å². The normalized spacial score (nSPS) is 12.0. The van der Waals surface area contributed by atoms with Gasteiger partial charge in [-0.3, -0.25) is 0 Å². The van der Waals surface area contributed by atoms with Crippen LogP contribution in [-0.4, -0.2) is 34.8 Å². The number of thiazole rings is 1. The number of hydrogen-bond acceptors (Lipinski definition) is 5. The number of hydrogen-bond donors (Lipinski definition) is 1. The van der Waals surface area contributed by atoms with Crippen molar-refractivity contribution in [1.29, 1.82) is 0 Å². The highest BCUT2D eigenvalue weighted by atomic mass is 32.1. The summed E-state index contributed by atoms with van der Waals surface area (Å²) in [6, 6.07) is 0. The molecular weight excluding hydrogens is 284 g/mol. The van der Waals surface area contributed by atoms with Crippen LogP contribution in [0.3, 0.4) is 0 Å². The Morgan fingerprint density at radius 2 is 2.19 bits per heavy atom. The van der Waals surface area contributed by atoms with Gasteiger partial charge in [0.1, 0.15) is 10.8 Å². The number of rotatable bonds is 7. The summed E-state index contributed by atoms with van der Waals surface area (Å²) in [5.41, 5.74) is 1.26. The Morgan fingerprint density at radius 1 is 1.38 bits per heavy atom. The van der Waals surface area contributed by atoms with Crippen LogP contribution >= 0.6 is 11.3 Å².